The minimum Gasteiger partial charge on any atom is -0.294 e. The van der Waals surface area contributed by atoms with Gasteiger partial charge in [0.05, 0.1) is 0 Å². The molecule has 0 aromatic rings. The van der Waals surface area contributed by atoms with Crippen LogP contribution in [0.5, 0.6) is 0 Å². The lowest BCUT2D eigenvalue weighted by atomic mass is 10.2. The van der Waals surface area contributed by atoms with Gasteiger partial charge in [0.2, 0.25) is 0 Å². The molecule has 6 heavy (non-hydrogen) atoms. The van der Waals surface area contributed by atoms with Crippen LogP contribution >= 0.6 is 0 Å². The third-order valence-corrected chi connectivity index (χ3v) is 1.89. The zero-order valence-electron chi connectivity index (χ0n) is 3.72. The van der Waals surface area contributed by atoms with E-state index in [0.717, 1.165) is 6.04 Å². The SMILES string of the molecule is [CH2][C@@H]1[C@@H]2CCN12. The molecule has 2 rings (SSSR count). The summed E-state index contributed by atoms with van der Waals surface area (Å²) in [5, 5.41) is 0. The molecule has 2 fully saturated rings. The first-order valence-electron chi connectivity index (χ1n) is 2.48. The van der Waals surface area contributed by atoms with E-state index in [1.54, 1.807) is 0 Å². The van der Waals surface area contributed by atoms with Gasteiger partial charge in [0.25, 0.3) is 0 Å². The van der Waals surface area contributed by atoms with Gasteiger partial charge in [0.15, 0.2) is 0 Å². The summed E-state index contributed by atoms with van der Waals surface area (Å²) in [5.41, 5.74) is 0. The number of nitrogens with zero attached hydrogens (tertiary/aromatic N) is 1. The molecule has 1 radical (unpaired) electrons. The van der Waals surface area contributed by atoms with Gasteiger partial charge in [-0.2, -0.15) is 0 Å². The minimum atomic E-state index is 0.713. The second-order valence-electron chi connectivity index (χ2n) is 2.16. The van der Waals surface area contributed by atoms with E-state index in [9.17, 15) is 0 Å². The zero-order chi connectivity index (χ0) is 4.15. The highest BCUT2D eigenvalue weighted by molar-refractivity contribution is 5.11. The Kier molecular flexibility index (Phi) is 0.327. The van der Waals surface area contributed by atoms with Crippen LogP contribution in [0.4, 0.5) is 0 Å². The van der Waals surface area contributed by atoms with E-state index in [0.29, 0.717) is 6.04 Å². The van der Waals surface area contributed by atoms with E-state index in [1.807, 2.05) is 0 Å². The van der Waals surface area contributed by atoms with Gasteiger partial charge in [0, 0.05) is 18.6 Å². The predicted molar refractivity (Wildman–Crippen MR) is 24.3 cm³/mol. The first-order chi connectivity index (χ1) is 2.89. The third kappa shape index (κ3) is 0.155. The maximum Gasteiger partial charge on any atom is 0.0267 e. The lowest BCUT2D eigenvalue weighted by Crippen LogP contribution is -2.16. The Hall–Kier alpha value is -0.0400. The number of hydrogen-bond acceptors (Lipinski definition) is 1. The third-order valence-electron chi connectivity index (χ3n) is 1.89. The summed E-state index contributed by atoms with van der Waals surface area (Å²) >= 11 is 0. The molecule has 1 heteroatoms. The largest absolute Gasteiger partial charge is 0.294 e. The lowest BCUT2D eigenvalue weighted by Gasteiger charge is -2.08. The Bertz CT molecular complexity index is 63.3. The van der Waals surface area contributed by atoms with E-state index in [1.165, 1.54) is 13.0 Å². The molecule has 2 heterocycles. The fourth-order valence-electron chi connectivity index (χ4n) is 1.18. The molecule has 1 nitrogen and oxygen atoms in total. The fraction of sp³-hybridized carbons (Fsp3) is 0.800. The standard InChI is InChI=1S/C5H8N/c1-4-5-2-3-6(4)5/h4-5H,1-3H2/t4-,5+,6?/m1/s1. The van der Waals surface area contributed by atoms with Crippen molar-refractivity contribution in [3.05, 3.63) is 6.92 Å². The van der Waals surface area contributed by atoms with E-state index < -0.39 is 0 Å². The summed E-state index contributed by atoms with van der Waals surface area (Å²) in [5.74, 6) is 0. The molecule has 0 amide bonds. The smallest absolute Gasteiger partial charge is 0.0267 e. The summed E-state index contributed by atoms with van der Waals surface area (Å²) in [6, 6.07) is 1.63. The quantitative estimate of drug-likeness (QED) is 0.379. The molecule has 0 aromatic carbocycles. The fourth-order valence-corrected chi connectivity index (χ4v) is 1.18. The van der Waals surface area contributed by atoms with Gasteiger partial charge in [-0.3, -0.25) is 4.90 Å². The van der Waals surface area contributed by atoms with Crippen LogP contribution < -0.4 is 0 Å². The Balaban J connectivity index is 2.11. The molecule has 0 aromatic heterocycles. The van der Waals surface area contributed by atoms with Crippen LogP contribution in [0.1, 0.15) is 6.42 Å². The maximum atomic E-state index is 3.90. The van der Waals surface area contributed by atoms with Crippen LogP contribution in [0, 0.1) is 6.92 Å². The average molecular weight is 82.1 g/mol. The highest BCUT2D eigenvalue weighted by Crippen LogP contribution is 2.38. The molecule has 3 atom stereocenters. The monoisotopic (exact) mass is 82.1 g/mol. The molecule has 0 spiro atoms. The van der Waals surface area contributed by atoms with Crippen molar-refractivity contribution in [2.24, 2.45) is 0 Å². The van der Waals surface area contributed by atoms with Gasteiger partial charge in [-0.05, 0) is 13.3 Å². The first kappa shape index (κ1) is 3.03. The van der Waals surface area contributed by atoms with Crippen LogP contribution in [0.3, 0.4) is 0 Å². The topological polar surface area (TPSA) is 3.01 Å². The van der Waals surface area contributed by atoms with Gasteiger partial charge in [-0.25, -0.2) is 0 Å². The molecule has 0 bridgehead atoms. The molecule has 2 saturated heterocycles. The van der Waals surface area contributed by atoms with Crippen molar-refractivity contribution in [2.45, 2.75) is 18.5 Å². The van der Waals surface area contributed by atoms with E-state index in [4.69, 9.17) is 0 Å². The van der Waals surface area contributed by atoms with Crippen molar-refractivity contribution >= 4 is 0 Å². The number of hydrogen-bond donors (Lipinski definition) is 0. The summed E-state index contributed by atoms with van der Waals surface area (Å²) in [6.45, 7) is 5.22. The Morgan fingerprint density at radius 1 is 1.67 bits per heavy atom. The van der Waals surface area contributed by atoms with Gasteiger partial charge < -0.3 is 0 Å². The molecular weight excluding hydrogens is 74.1 g/mol. The highest BCUT2D eigenvalue weighted by atomic mass is 15.4. The normalized spacial score (nSPS) is 62.5. The Morgan fingerprint density at radius 2 is 2.33 bits per heavy atom. The van der Waals surface area contributed by atoms with Gasteiger partial charge in [0.1, 0.15) is 0 Å². The van der Waals surface area contributed by atoms with Gasteiger partial charge in [-0.15, -0.1) is 0 Å². The summed E-state index contributed by atoms with van der Waals surface area (Å²) < 4.78 is 0. The van der Waals surface area contributed by atoms with Crippen molar-refractivity contribution in [3.8, 4) is 0 Å². The highest BCUT2D eigenvalue weighted by Gasteiger charge is 2.50. The van der Waals surface area contributed by atoms with Crippen molar-refractivity contribution < 1.29 is 0 Å². The second-order valence-corrected chi connectivity index (χ2v) is 2.16. The molecule has 1 unspecified atom stereocenters. The van der Waals surface area contributed by atoms with Crippen molar-refractivity contribution in [3.63, 3.8) is 0 Å². The molecule has 33 valence electrons. The van der Waals surface area contributed by atoms with Crippen LogP contribution in [-0.2, 0) is 0 Å². The summed E-state index contributed by atoms with van der Waals surface area (Å²) in [7, 11) is 0. The molecule has 0 saturated carbocycles. The van der Waals surface area contributed by atoms with E-state index in [2.05, 4.69) is 11.8 Å². The molecular formula is C5H8N. The molecule has 0 aliphatic carbocycles. The maximum absolute atomic E-state index is 3.90. The molecule has 2 aliphatic heterocycles. The van der Waals surface area contributed by atoms with Gasteiger partial charge in [-0.1, -0.05) is 0 Å². The van der Waals surface area contributed by atoms with E-state index in [-0.39, 0.29) is 0 Å². The van der Waals surface area contributed by atoms with Crippen molar-refractivity contribution in [2.75, 3.05) is 6.54 Å². The lowest BCUT2D eigenvalue weighted by molar-refractivity contribution is 0.377. The number of rotatable bonds is 0. The minimum absolute atomic E-state index is 0.713. The Morgan fingerprint density at radius 3 is 2.33 bits per heavy atom. The predicted octanol–water partition coefficient (Wildman–Crippen LogP) is 0.277. The summed E-state index contributed by atoms with van der Waals surface area (Å²) in [6.07, 6.45) is 1.41. The Labute approximate surface area is 37.9 Å². The second kappa shape index (κ2) is 0.648. The first-order valence-corrected chi connectivity index (χ1v) is 2.48. The molecule has 2 aliphatic rings. The summed E-state index contributed by atoms with van der Waals surface area (Å²) in [4.78, 5) is 2.40. The average Bonchev–Trinajstić information content (AvgIpc) is 1.63. The van der Waals surface area contributed by atoms with Crippen molar-refractivity contribution in [1.82, 2.24) is 4.90 Å². The van der Waals surface area contributed by atoms with Crippen LogP contribution in [-0.4, -0.2) is 23.5 Å². The van der Waals surface area contributed by atoms with E-state index >= 15 is 0 Å². The van der Waals surface area contributed by atoms with Crippen LogP contribution in [0.2, 0.25) is 0 Å². The zero-order valence-corrected chi connectivity index (χ0v) is 3.72. The van der Waals surface area contributed by atoms with Crippen LogP contribution in [0.15, 0.2) is 0 Å². The van der Waals surface area contributed by atoms with Crippen LogP contribution in [0.25, 0.3) is 0 Å². The number of fused-ring (bicyclic) bond motifs is 1. The van der Waals surface area contributed by atoms with Crippen molar-refractivity contribution in [1.29, 1.82) is 0 Å². The van der Waals surface area contributed by atoms with Gasteiger partial charge >= 0.3 is 0 Å². The molecule has 0 N–H and O–H groups in total.